The van der Waals surface area contributed by atoms with Gasteiger partial charge in [0.25, 0.3) is 0 Å². The number of rotatable bonds is 5. The molecule has 1 aromatic carbocycles. The topological polar surface area (TPSA) is 54.1 Å². The van der Waals surface area contributed by atoms with E-state index in [4.69, 9.17) is 4.74 Å². The fourth-order valence-corrected chi connectivity index (χ4v) is 1.98. The standard InChI is InChI=1S/C15H20N2O2/c1-10(2)8-17-15(18)6-11-9-16-14-5-4-12(19-3)7-13(11)14/h4-5,7,9-10,16H,6,8H2,1-3H3,(H,17,18). The van der Waals surface area contributed by atoms with Crippen LogP contribution in [0.2, 0.25) is 0 Å². The molecule has 0 spiro atoms. The lowest BCUT2D eigenvalue weighted by molar-refractivity contribution is -0.120. The van der Waals surface area contributed by atoms with E-state index in [1.807, 2.05) is 24.4 Å². The van der Waals surface area contributed by atoms with Crippen molar-refractivity contribution in [2.24, 2.45) is 5.92 Å². The molecule has 0 aliphatic carbocycles. The lowest BCUT2D eigenvalue weighted by Gasteiger charge is -2.07. The molecule has 0 aliphatic heterocycles. The van der Waals surface area contributed by atoms with E-state index in [1.54, 1.807) is 7.11 Å². The van der Waals surface area contributed by atoms with Crippen LogP contribution in [0.1, 0.15) is 19.4 Å². The Morgan fingerprint density at radius 3 is 2.89 bits per heavy atom. The van der Waals surface area contributed by atoms with E-state index in [0.29, 0.717) is 18.9 Å². The molecular weight excluding hydrogens is 240 g/mol. The lowest BCUT2D eigenvalue weighted by Crippen LogP contribution is -2.28. The van der Waals surface area contributed by atoms with Gasteiger partial charge in [0.15, 0.2) is 0 Å². The highest BCUT2D eigenvalue weighted by atomic mass is 16.5. The first-order chi connectivity index (χ1) is 9.10. The minimum Gasteiger partial charge on any atom is -0.497 e. The number of hydrogen-bond acceptors (Lipinski definition) is 2. The van der Waals surface area contributed by atoms with Gasteiger partial charge in [-0.15, -0.1) is 0 Å². The lowest BCUT2D eigenvalue weighted by atomic mass is 10.1. The number of benzene rings is 1. The maximum atomic E-state index is 11.9. The largest absolute Gasteiger partial charge is 0.497 e. The molecule has 2 rings (SSSR count). The molecule has 4 nitrogen and oxygen atoms in total. The van der Waals surface area contributed by atoms with E-state index in [9.17, 15) is 4.79 Å². The first-order valence-corrected chi connectivity index (χ1v) is 6.51. The second-order valence-electron chi connectivity index (χ2n) is 5.10. The van der Waals surface area contributed by atoms with Gasteiger partial charge in [0.2, 0.25) is 5.91 Å². The molecule has 1 heterocycles. The Labute approximate surface area is 113 Å². The number of aromatic amines is 1. The Balaban J connectivity index is 2.14. The van der Waals surface area contributed by atoms with Gasteiger partial charge < -0.3 is 15.0 Å². The summed E-state index contributed by atoms with van der Waals surface area (Å²) < 4.78 is 5.22. The van der Waals surface area contributed by atoms with Crippen molar-refractivity contribution < 1.29 is 9.53 Å². The van der Waals surface area contributed by atoms with Gasteiger partial charge in [-0.2, -0.15) is 0 Å². The normalized spacial score (nSPS) is 10.9. The van der Waals surface area contributed by atoms with Gasteiger partial charge in [0.05, 0.1) is 13.5 Å². The third kappa shape index (κ3) is 3.28. The summed E-state index contributed by atoms with van der Waals surface area (Å²) in [5.41, 5.74) is 2.02. The van der Waals surface area contributed by atoms with Crippen LogP contribution in [0, 0.1) is 5.92 Å². The van der Waals surface area contributed by atoms with E-state index in [0.717, 1.165) is 22.2 Å². The van der Waals surface area contributed by atoms with Crippen LogP contribution in [0.25, 0.3) is 10.9 Å². The zero-order valence-electron chi connectivity index (χ0n) is 11.6. The third-order valence-electron chi connectivity index (χ3n) is 3.03. The van der Waals surface area contributed by atoms with Crippen molar-refractivity contribution in [3.05, 3.63) is 30.0 Å². The summed E-state index contributed by atoms with van der Waals surface area (Å²) in [4.78, 5) is 15.0. The predicted molar refractivity (Wildman–Crippen MR) is 76.4 cm³/mol. The maximum absolute atomic E-state index is 11.9. The Hall–Kier alpha value is -1.97. The minimum absolute atomic E-state index is 0.0532. The first-order valence-electron chi connectivity index (χ1n) is 6.51. The van der Waals surface area contributed by atoms with Crippen LogP contribution in [0.4, 0.5) is 0 Å². The van der Waals surface area contributed by atoms with Crippen LogP contribution >= 0.6 is 0 Å². The first kappa shape index (κ1) is 13.5. The van der Waals surface area contributed by atoms with Crippen molar-refractivity contribution in [1.82, 2.24) is 10.3 Å². The number of carbonyl (C=O) groups excluding carboxylic acids is 1. The summed E-state index contributed by atoms with van der Waals surface area (Å²) in [6, 6.07) is 5.82. The van der Waals surface area contributed by atoms with Gasteiger partial charge >= 0.3 is 0 Å². The number of carbonyl (C=O) groups is 1. The second-order valence-corrected chi connectivity index (χ2v) is 5.10. The van der Waals surface area contributed by atoms with Gasteiger partial charge in [-0.3, -0.25) is 4.79 Å². The highest BCUT2D eigenvalue weighted by Crippen LogP contribution is 2.23. The van der Waals surface area contributed by atoms with Crippen LogP contribution < -0.4 is 10.1 Å². The van der Waals surface area contributed by atoms with Crippen molar-refractivity contribution in [2.75, 3.05) is 13.7 Å². The molecule has 0 saturated carbocycles. The van der Waals surface area contributed by atoms with Crippen molar-refractivity contribution in [2.45, 2.75) is 20.3 Å². The molecule has 102 valence electrons. The molecule has 19 heavy (non-hydrogen) atoms. The highest BCUT2D eigenvalue weighted by Gasteiger charge is 2.09. The number of ether oxygens (including phenoxy) is 1. The molecule has 0 radical (unpaired) electrons. The summed E-state index contributed by atoms with van der Waals surface area (Å²) >= 11 is 0. The average molecular weight is 260 g/mol. The molecule has 2 N–H and O–H groups in total. The molecular formula is C15H20N2O2. The summed E-state index contributed by atoms with van der Waals surface area (Å²) in [6.07, 6.45) is 2.28. The molecule has 0 aliphatic rings. The molecule has 0 atom stereocenters. The summed E-state index contributed by atoms with van der Waals surface area (Å²) in [5.74, 6) is 1.32. The number of amides is 1. The number of fused-ring (bicyclic) bond motifs is 1. The van der Waals surface area contributed by atoms with E-state index < -0.39 is 0 Å². The molecule has 1 amide bonds. The molecule has 2 aromatic rings. The maximum Gasteiger partial charge on any atom is 0.224 e. The predicted octanol–water partition coefficient (Wildman–Crippen LogP) is 2.49. The van der Waals surface area contributed by atoms with Crippen molar-refractivity contribution in [3.63, 3.8) is 0 Å². The van der Waals surface area contributed by atoms with Gasteiger partial charge in [-0.05, 0) is 29.7 Å². The third-order valence-corrected chi connectivity index (χ3v) is 3.03. The van der Waals surface area contributed by atoms with Crippen LogP contribution in [-0.2, 0) is 11.2 Å². The zero-order valence-corrected chi connectivity index (χ0v) is 11.6. The van der Waals surface area contributed by atoms with Gasteiger partial charge in [-0.1, -0.05) is 13.8 Å². The molecule has 1 aromatic heterocycles. The van der Waals surface area contributed by atoms with Crippen LogP contribution in [0.15, 0.2) is 24.4 Å². The number of aromatic nitrogens is 1. The second kappa shape index (κ2) is 5.78. The Bertz CT molecular complexity index is 573. The molecule has 0 saturated heterocycles. The smallest absolute Gasteiger partial charge is 0.224 e. The SMILES string of the molecule is COc1ccc2[nH]cc(CC(=O)NCC(C)C)c2c1. The Morgan fingerprint density at radius 2 is 2.21 bits per heavy atom. The molecule has 0 unspecified atom stereocenters. The minimum atomic E-state index is 0.0532. The van der Waals surface area contributed by atoms with E-state index >= 15 is 0 Å². The number of H-pyrrole nitrogens is 1. The summed E-state index contributed by atoms with van der Waals surface area (Å²) in [6.45, 7) is 4.87. The van der Waals surface area contributed by atoms with Crippen molar-refractivity contribution >= 4 is 16.8 Å². The molecule has 0 fully saturated rings. The molecule has 0 bridgehead atoms. The number of nitrogens with one attached hydrogen (secondary N) is 2. The van der Waals surface area contributed by atoms with Crippen molar-refractivity contribution in [1.29, 1.82) is 0 Å². The molecule has 4 heteroatoms. The Morgan fingerprint density at radius 1 is 1.42 bits per heavy atom. The monoisotopic (exact) mass is 260 g/mol. The highest BCUT2D eigenvalue weighted by molar-refractivity contribution is 5.89. The number of methoxy groups -OCH3 is 1. The fourth-order valence-electron chi connectivity index (χ4n) is 1.98. The van der Waals surface area contributed by atoms with Crippen molar-refractivity contribution in [3.8, 4) is 5.75 Å². The van der Waals surface area contributed by atoms with E-state index in [1.165, 1.54) is 0 Å². The fraction of sp³-hybridized carbons (Fsp3) is 0.400. The quantitative estimate of drug-likeness (QED) is 0.867. The van der Waals surface area contributed by atoms with E-state index in [-0.39, 0.29) is 5.91 Å². The van der Waals surface area contributed by atoms with Crippen LogP contribution in [-0.4, -0.2) is 24.5 Å². The van der Waals surface area contributed by atoms with Gasteiger partial charge in [-0.25, -0.2) is 0 Å². The summed E-state index contributed by atoms with van der Waals surface area (Å²) in [5, 5.41) is 3.97. The van der Waals surface area contributed by atoms with E-state index in [2.05, 4.69) is 24.1 Å². The van der Waals surface area contributed by atoms with Crippen LogP contribution in [0.5, 0.6) is 5.75 Å². The summed E-state index contributed by atoms with van der Waals surface area (Å²) in [7, 11) is 1.64. The van der Waals surface area contributed by atoms with Gasteiger partial charge in [0, 0.05) is 23.6 Å². The zero-order chi connectivity index (χ0) is 13.8. The average Bonchev–Trinajstić information content (AvgIpc) is 2.79. The number of hydrogen-bond donors (Lipinski definition) is 2. The van der Waals surface area contributed by atoms with Gasteiger partial charge in [0.1, 0.15) is 5.75 Å². The Kier molecular flexibility index (Phi) is 4.10. The van der Waals surface area contributed by atoms with Crippen LogP contribution in [0.3, 0.4) is 0 Å².